The van der Waals surface area contributed by atoms with Crippen molar-refractivity contribution in [3.05, 3.63) is 0 Å². The molecule has 4 aliphatic rings. The zero-order chi connectivity index (χ0) is 23.9. The Morgan fingerprint density at radius 3 is 1.41 bits per heavy atom. The van der Waals surface area contributed by atoms with Crippen LogP contribution in [0.2, 0.25) is 0 Å². The Morgan fingerprint density at radius 2 is 1.16 bits per heavy atom. The Kier molecular flexibility index (Phi) is 8.00. The molecule has 4 fully saturated rings. The molecule has 0 saturated carbocycles. The van der Waals surface area contributed by atoms with Crippen LogP contribution in [0.3, 0.4) is 0 Å². The minimum absolute atomic E-state index is 0.180. The van der Waals surface area contributed by atoms with E-state index in [0.29, 0.717) is 13.2 Å². The quantitative estimate of drug-likeness (QED) is 0.394. The van der Waals surface area contributed by atoms with Gasteiger partial charge in [0.1, 0.15) is 50.8 Å². The third-order valence-corrected chi connectivity index (χ3v) is 7.05. The van der Waals surface area contributed by atoms with Crippen molar-refractivity contribution >= 4 is 15.2 Å². The van der Waals surface area contributed by atoms with Crippen LogP contribution < -0.4 is 9.79 Å². The number of fused-ring (bicyclic) bond motifs is 4. The van der Waals surface area contributed by atoms with Crippen molar-refractivity contribution in [2.45, 2.75) is 61.7 Å². The molecule has 0 aromatic rings. The van der Waals surface area contributed by atoms with E-state index in [9.17, 15) is 18.9 Å². The summed E-state index contributed by atoms with van der Waals surface area (Å²) in [6.45, 7) is 6.91. The molecule has 4 heterocycles. The maximum absolute atomic E-state index is 11.2. The van der Waals surface area contributed by atoms with E-state index in [1.807, 2.05) is 13.8 Å². The Bertz CT molecular complexity index is 692. The Hall–Kier alpha value is 0.0600. The molecule has 10 atom stereocenters. The summed E-state index contributed by atoms with van der Waals surface area (Å²) in [6, 6.07) is 0. The van der Waals surface area contributed by atoms with Gasteiger partial charge in [0.2, 0.25) is 0 Å². The van der Waals surface area contributed by atoms with Crippen LogP contribution in [0.25, 0.3) is 0 Å². The zero-order valence-electron chi connectivity index (χ0n) is 19.1. The van der Waals surface area contributed by atoms with Gasteiger partial charge in [-0.15, -0.1) is 0 Å². The van der Waals surface area contributed by atoms with Gasteiger partial charge < -0.3 is 56.4 Å². The number of hydrogen-bond acceptors (Lipinski definition) is 12. The molecule has 4 aliphatic heterocycles. The highest BCUT2D eigenvalue weighted by Gasteiger charge is 2.62. The van der Waals surface area contributed by atoms with Crippen LogP contribution in [0.15, 0.2) is 0 Å². The van der Waals surface area contributed by atoms with Gasteiger partial charge in [-0.2, -0.15) is 0 Å². The summed E-state index contributed by atoms with van der Waals surface area (Å²) in [4.78, 5) is 22.4. The monoisotopic (exact) mass is 502 g/mol. The first-order valence-electron chi connectivity index (χ1n) is 10.3. The second-order valence-corrected chi connectivity index (χ2v) is 12.3. The SMILES string of the molecule is COCC12COC(C(C)O1)[C@@H]2OP(C)(=O)[O-].COC[C@]12CO[C@@H](C1OP(C)(=O)[O-])[C@H](C)O2. The maximum atomic E-state index is 11.2. The molecule has 6 unspecified atom stereocenters. The Labute approximate surface area is 187 Å². The van der Waals surface area contributed by atoms with Crippen molar-refractivity contribution in [2.24, 2.45) is 0 Å². The summed E-state index contributed by atoms with van der Waals surface area (Å²) in [5.41, 5.74) is -1.57. The van der Waals surface area contributed by atoms with Crippen molar-refractivity contribution in [1.82, 2.24) is 0 Å². The molecule has 0 radical (unpaired) electrons. The standard InChI is InChI=1S/2C9H17O6P/c2*1-6-7-8(15-16(3,10)11)9(14-6,4-12-2)5-13-7/h2*6-8H,4-5H2,1-3H3,(H,10,11)/p-2/t6?,7?,8-,9?;6-,7+,8?,9-/m00/s1. The van der Waals surface area contributed by atoms with Crippen LogP contribution in [0.5, 0.6) is 0 Å². The summed E-state index contributed by atoms with van der Waals surface area (Å²) in [5.74, 6) is 0. The van der Waals surface area contributed by atoms with Crippen molar-refractivity contribution < 1.29 is 56.4 Å². The number of ether oxygens (including phenoxy) is 6. The largest absolute Gasteiger partial charge is 0.779 e. The fourth-order valence-electron chi connectivity index (χ4n) is 4.78. The smallest absolute Gasteiger partial charge is 0.144 e. The van der Waals surface area contributed by atoms with Crippen molar-refractivity contribution in [2.75, 3.05) is 54.0 Å². The van der Waals surface area contributed by atoms with Gasteiger partial charge >= 0.3 is 0 Å². The fourth-order valence-corrected chi connectivity index (χ4v) is 6.23. The molecule has 0 aliphatic carbocycles. The van der Waals surface area contributed by atoms with Crippen LogP contribution in [-0.2, 0) is 46.6 Å². The third kappa shape index (κ3) is 5.48. The van der Waals surface area contributed by atoms with Gasteiger partial charge in [-0.05, 0) is 13.8 Å². The van der Waals surface area contributed by atoms with Crippen LogP contribution in [0.1, 0.15) is 13.8 Å². The maximum Gasteiger partial charge on any atom is 0.144 e. The lowest BCUT2D eigenvalue weighted by Gasteiger charge is -2.31. The van der Waals surface area contributed by atoms with Crippen LogP contribution in [0, 0.1) is 0 Å². The average molecular weight is 502 g/mol. The van der Waals surface area contributed by atoms with Crippen molar-refractivity contribution in [1.29, 1.82) is 0 Å². The predicted octanol–water partition coefficient (Wildman–Crippen LogP) is -0.485. The number of rotatable bonds is 8. The van der Waals surface area contributed by atoms with E-state index in [2.05, 4.69) is 0 Å². The lowest BCUT2D eigenvalue weighted by atomic mass is 10.00. The zero-order valence-corrected chi connectivity index (χ0v) is 20.9. The molecule has 12 nitrogen and oxygen atoms in total. The van der Waals surface area contributed by atoms with Gasteiger partial charge in [0, 0.05) is 27.5 Å². The van der Waals surface area contributed by atoms with Gasteiger partial charge in [0.05, 0.1) is 38.6 Å². The summed E-state index contributed by atoms with van der Waals surface area (Å²) in [7, 11) is -4.54. The fraction of sp³-hybridized carbons (Fsp3) is 1.00. The molecule has 0 aromatic heterocycles. The van der Waals surface area contributed by atoms with Crippen molar-refractivity contribution in [3.63, 3.8) is 0 Å². The van der Waals surface area contributed by atoms with Crippen LogP contribution in [-0.4, -0.2) is 102 Å². The molecular formula is C18H32O12P2-2. The average Bonchev–Trinajstić information content (AvgIpc) is 3.28. The highest BCUT2D eigenvalue weighted by molar-refractivity contribution is 7.50. The highest BCUT2D eigenvalue weighted by atomic mass is 31.2. The van der Waals surface area contributed by atoms with E-state index in [1.54, 1.807) is 0 Å². The second kappa shape index (κ2) is 9.60. The van der Waals surface area contributed by atoms with E-state index in [1.165, 1.54) is 14.2 Å². The molecule has 188 valence electrons. The van der Waals surface area contributed by atoms with Gasteiger partial charge in [0.25, 0.3) is 0 Å². The lowest BCUT2D eigenvalue weighted by molar-refractivity contribution is -0.207. The molecule has 0 amide bonds. The summed E-state index contributed by atoms with van der Waals surface area (Å²) in [5, 5.41) is 0. The van der Waals surface area contributed by atoms with E-state index in [4.69, 9.17) is 37.5 Å². The van der Waals surface area contributed by atoms with Gasteiger partial charge in [-0.1, -0.05) is 0 Å². The Morgan fingerprint density at radius 1 is 0.812 bits per heavy atom. The highest BCUT2D eigenvalue weighted by Crippen LogP contribution is 2.49. The molecule has 4 rings (SSSR count). The van der Waals surface area contributed by atoms with Gasteiger partial charge in [0.15, 0.2) is 0 Å². The number of hydrogen-bond donors (Lipinski definition) is 0. The first kappa shape index (κ1) is 26.7. The molecule has 14 heteroatoms. The molecule has 4 bridgehead atoms. The minimum Gasteiger partial charge on any atom is -0.779 e. The minimum atomic E-state index is -3.81. The predicted molar refractivity (Wildman–Crippen MR) is 107 cm³/mol. The van der Waals surface area contributed by atoms with Crippen LogP contribution >= 0.6 is 15.2 Å². The molecule has 0 aromatic carbocycles. The molecular weight excluding hydrogens is 470 g/mol. The molecule has 0 N–H and O–H groups in total. The van der Waals surface area contributed by atoms with Crippen molar-refractivity contribution in [3.8, 4) is 0 Å². The normalized spacial score (nSPS) is 45.9. The second-order valence-electron chi connectivity index (χ2n) is 8.79. The lowest BCUT2D eigenvalue weighted by Crippen LogP contribution is -2.46. The van der Waals surface area contributed by atoms with E-state index in [-0.39, 0.29) is 37.6 Å². The molecule has 32 heavy (non-hydrogen) atoms. The van der Waals surface area contributed by atoms with Crippen LogP contribution in [0.4, 0.5) is 0 Å². The van der Waals surface area contributed by atoms with Gasteiger partial charge in [-0.3, -0.25) is 0 Å². The first-order valence-corrected chi connectivity index (χ1v) is 14.2. The molecule has 4 saturated heterocycles. The Balaban J connectivity index is 0.000000181. The summed E-state index contributed by atoms with van der Waals surface area (Å²) in [6.07, 6.45) is -2.23. The summed E-state index contributed by atoms with van der Waals surface area (Å²) < 4.78 is 65.1. The van der Waals surface area contributed by atoms with E-state index >= 15 is 0 Å². The van der Waals surface area contributed by atoms with E-state index < -0.39 is 38.6 Å². The number of methoxy groups -OCH3 is 2. The topological polar surface area (TPSA) is 154 Å². The first-order chi connectivity index (χ1) is 14.8. The summed E-state index contributed by atoms with van der Waals surface area (Å²) >= 11 is 0. The van der Waals surface area contributed by atoms with E-state index in [0.717, 1.165) is 13.3 Å². The molecule has 0 spiro atoms. The van der Waals surface area contributed by atoms with Gasteiger partial charge in [-0.25, -0.2) is 0 Å². The third-order valence-electron chi connectivity index (χ3n) is 5.83.